The maximum Gasteiger partial charge on any atom is 0.165 e. The molecule has 3 heterocycles. The first-order chi connectivity index (χ1) is 15.1. The van der Waals surface area contributed by atoms with Crippen molar-refractivity contribution in [3.05, 3.63) is 54.7 Å². The Bertz CT molecular complexity index is 1210. The topological polar surface area (TPSA) is 69.8 Å². The standard InChI is InChI=1S/C23H25FN6O/c1-25-22-11-20-18(13-26-22)23(15-12-27-29(2)14-15)28-30(20)16-7-9-17(10-8-16)31-21-6-4-3-5-19(21)24/h3-6,11-14,16-17H,7-10H2,1-2H3,(H,25,26). The lowest BCUT2D eigenvalue weighted by Gasteiger charge is -2.29. The van der Waals surface area contributed by atoms with Crippen molar-refractivity contribution in [2.24, 2.45) is 7.05 Å². The van der Waals surface area contributed by atoms with Gasteiger partial charge in [0.1, 0.15) is 11.5 Å². The predicted molar refractivity (Wildman–Crippen MR) is 118 cm³/mol. The third kappa shape index (κ3) is 3.73. The van der Waals surface area contributed by atoms with Gasteiger partial charge in [-0.1, -0.05) is 12.1 Å². The summed E-state index contributed by atoms with van der Waals surface area (Å²) in [5.74, 6) is 0.831. The van der Waals surface area contributed by atoms with Gasteiger partial charge < -0.3 is 10.1 Å². The zero-order valence-electron chi connectivity index (χ0n) is 17.6. The van der Waals surface area contributed by atoms with Crippen molar-refractivity contribution in [3.63, 3.8) is 0 Å². The summed E-state index contributed by atoms with van der Waals surface area (Å²) in [6.07, 6.45) is 9.23. The predicted octanol–water partition coefficient (Wildman–Crippen LogP) is 4.58. The molecule has 1 fully saturated rings. The molecule has 3 aromatic heterocycles. The van der Waals surface area contributed by atoms with E-state index >= 15 is 0 Å². The highest BCUT2D eigenvalue weighted by molar-refractivity contribution is 5.93. The van der Waals surface area contributed by atoms with Crippen LogP contribution in [0.15, 0.2) is 48.9 Å². The molecule has 1 saturated carbocycles. The number of aryl methyl sites for hydroxylation is 1. The molecule has 1 aromatic carbocycles. The first-order valence-electron chi connectivity index (χ1n) is 10.6. The molecule has 1 aliphatic carbocycles. The lowest BCUT2D eigenvalue weighted by molar-refractivity contribution is 0.126. The number of anilines is 1. The maximum absolute atomic E-state index is 13.9. The van der Waals surface area contributed by atoms with Crippen LogP contribution in [0.2, 0.25) is 0 Å². The first-order valence-corrected chi connectivity index (χ1v) is 10.6. The van der Waals surface area contributed by atoms with Crippen molar-refractivity contribution < 1.29 is 9.13 Å². The number of halogens is 1. The summed E-state index contributed by atoms with van der Waals surface area (Å²) in [6, 6.07) is 8.90. The molecule has 160 valence electrons. The molecule has 0 saturated heterocycles. The minimum atomic E-state index is -0.309. The van der Waals surface area contributed by atoms with E-state index in [0.717, 1.165) is 53.7 Å². The van der Waals surface area contributed by atoms with Crippen molar-refractivity contribution in [1.29, 1.82) is 0 Å². The Morgan fingerprint density at radius 2 is 1.94 bits per heavy atom. The SMILES string of the molecule is CNc1cc2c(cn1)c(-c1cnn(C)c1)nn2C1CCC(Oc2ccccc2F)CC1. The highest BCUT2D eigenvalue weighted by atomic mass is 19.1. The van der Waals surface area contributed by atoms with Crippen LogP contribution in [0, 0.1) is 5.82 Å². The minimum Gasteiger partial charge on any atom is -0.487 e. The summed E-state index contributed by atoms with van der Waals surface area (Å²) < 4.78 is 23.8. The quantitative estimate of drug-likeness (QED) is 0.512. The van der Waals surface area contributed by atoms with Crippen LogP contribution >= 0.6 is 0 Å². The lowest BCUT2D eigenvalue weighted by atomic mass is 9.93. The van der Waals surface area contributed by atoms with Gasteiger partial charge in [-0.2, -0.15) is 10.2 Å². The van der Waals surface area contributed by atoms with E-state index in [2.05, 4.69) is 20.1 Å². The average molecular weight is 420 g/mol. The fraction of sp³-hybridized carbons (Fsp3) is 0.348. The Morgan fingerprint density at radius 3 is 2.65 bits per heavy atom. The summed E-state index contributed by atoms with van der Waals surface area (Å²) in [6.45, 7) is 0. The van der Waals surface area contributed by atoms with E-state index in [-0.39, 0.29) is 18.0 Å². The molecule has 31 heavy (non-hydrogen) atoms. The van der Waals surface area contributed by atoms with Gasteiger partial charge in [0.05, 0.1) is 23.9 Å². The summed E-state index contributed by atoms with van der Waals surface area (Å²) in [7, 11) is 3.76. The Labute approximate surface area is 179 Å². The first kappa shape index (κ1) is 19.5. The molecular weight excluding hydrogens is 395 g/mol. The molecule has 0 unspecified atom stereocenters. The average Bonchev–Trinajstić information content (AvgIpc) is 3.39. The zero-order valence-corrected chi connectivity index (χ0v) is 17.6. The van der Waals surface area contributed by atoms with Crippen molar-refractivity contribution in [2.45, 2.75) is 37.8 Å². The van der Waals surface area contributed by atoms with Crippen LogP contribution in [-0.4, -0.2) is 37.7 Å². The highest BCUT2D eigenvalue weighted by Gasteiger charge is 2.27. The monoisotopic (exact) mass is 420 g/mol. The number of hydrogen-bond donors (Lipinski definition) is 1. The van der Waals surface area contributed by atoms with Gasteiger partial charge in [0.25, 0.3) is 0 Å². The van der Waals surface area contributed by atoms with Crippen LogP contribution in [-0.2, 0) is 7.05 Å². The molecule has 1 aliphatic rings. The van der Waals surface area contributed by atoms with Gasteiger partial charge >= 0.3 is 0 Å². The molecule has 4 aromatic rings. The summed E-state index contributed by atoms with van der Waals surface area (Å²) in [5.41, 5.74) is 2.92. The number of pyridine rings is 1. The molecule has 1 N–H and O–H groups in total. The van der Waals surface area contributed by atoms with E-state index in [1.165, 1.54) is 6.07 Å². The second-order valence-electron chi connectivity index (χ2n) is 8.01. The van der Waals surface area contributed by atoms with Gasteiger partial charge in [-0.05, 0) is 37.8 Å². The molecule has 0 atom stereocenters. The minimum absolute atomic E-state index is 0.0160. The fourth-order valence-corrected chi connectivity index (χ4v) is 4.33. The summed E-state index contributed by atoms with van der Waals surface area (Å²) >= 11 is 0. The number of fused-ring (bicyclic) bond motifs is 1. The number of nitrogens with one attached hydrogen (secondary N) is 1. The second-order valence-corrected chi connectivity index (χ2v) is 8.01. The largest absolute Gasteiger partial charge is 0.487 e. The summed E-state index contributed by atoms with van der Waals surface area (Å²) in [5, 5.41) is 13.4. The van der Waals surface area contributed by atoms with Crippen molar-refractivity contribution >= 4 is 16.7 Å². The van der Waals surface area contributed by atoms with Crippen LogP contribution < -0.4 is 10.1 Å². The molecule has 0 amide bonds. The number of aromatic nitrogens is 5. The number of rotatable bonds is 5. The van der Waals surface area contributed by atoms with E-state index < -0.39 is 0 Å². The normalized spacial score (nSPS) is 18.9. The number of para-hydroxylation sites is 1. The van der Waals surface area contributed by atoms with Gasteiger partial charge in [-0.25, -0.2) is 9.37 Å². The van der Waals surface area contributed by atoms with Gasteiger partial charge in [-0.3, -0.25) is 9.36 Å². The van der Waals surface area contributed by atoms with Crippen LogP contribution in [0.1, 0.15) is 31.7 Å². The van der Waals surface area contributed by atoms with E-state index in [0.29, 0.717) is 5.75 Å². The second kappa shape index (κ2) is 8.02. The smallest absolute Gasteiger partial charge is 0.165 e. The van der Waals surface area contributed by atoms with Crippen LogP contribution in [0.3, 0.4) is 0 Å². The molecule has 5 rings (SSSR count). The van der Waals surface area contributed by atoms with Crippen molar-refractivity contribution in [3.8, 4) is 17.0 Å². The van der Waals surface area contributed by atoms with Crippen molar-refractivity contribution in [2.75, 3.05) is 12.4 Å². The van der Waals surface area contributed by atoms with Gasteiger partial charge in [0.2, 0.25) is 0 Å². The van der Waals surface area contributed by atoms with E-state index in [4.69, 9.17) is 9.84 Å². The summed E-state index contributed by atoms with van der Waals surface area (Å²) in [4.78, 5) is 4.50. The molecule has 0 radical (unpaired) electrons. The maximum atomic E-state index is 13.9. The van der Waals surface area contributed by atoms with Crippen LogP contribution in [0.5, 0.6) is 5.75 Å². The zero-order chi connectivity index (χ0) is 21.4. The fourth-order valence-electron chi connectivity index (χ4n) is 4.33. The van der Waals surface area contributed by atoms with E-state index in [1.54, 1.807) is 22.9 Å². The molecular formula is C23H25FN6O. The Hall–Kier alpha value is -3.42. The number of ether oxygens (including phenoxy) is 1. The van der Waals surface area contributed by atoms with Crippen LogP contribution in [0.4, 0.5) is 10.2 Å². The molecule has 0 aliphatic heterocycles. The van der Waals surface area contributed by atoms with Crippen LogP contribution in [0.25, 0.3) is 22.2 Å². The van der Waals surface area contributed by atoms with E-state index in [1.807, 2.05) is 38.8 Å². The Morgan fingerprint density at radius 1 is 1.13 bits per heavy atom. The Kier molecular flexibility index (Phi) is 5.05. The van der Waals surface area contributed by atoms with Crippen molar-refractivity contribution in [1.82, 2.24) is 24.5 Å². The third-order valence-corrected chi connectivity index (χ3v) is 5.95. The molecule has 0 spiro atoms. The number of hydrogen-bond acceptors (Lipinski definition) is 5. The Balaban J connectivity index is 1.42. The van der Waals surface area contributed by atoms with Gasteiger partial charge in [0.15, 0.2) is 11.6 Å². The van der Waals surface area contributed by atoms with Gasteiger partial charge in [-0.15, -0.1) is 0 Å². The molecule has 7 nitrogen and oxygen atoms in total. The molecule has 8 heteroatoms. The highest BCUT2D eigenvalue weighted by Crippen LogP contribution is 2.36. The molecule has 0 bridgehead atoms. The lowest BCUT2D eigenvalue weighted by Crippen LogP contribution is -2.26. The van der Waals surface area contributed by atoms with E-state index in [9.17, 15) is 4.39 Å². The number of nitrogens with zero attached hydrogens (tertiary/aromatic N) is 5. The number of benzene rings is 1. The third-order valence-electron chi connectivity index (χ3n) is 5.95. The van der Waals surface area contributed by atoms with Gasteiger partial charge in [0, 0.05) is 43.5 Å².